The van der Waals surface area contributed by atoms with Gasteiger partial charge in [0.2, 0.25) is 0 Å². The van der Waals surface area contributed by atoms with Crippen molar-refractivity contribution in [1.29, 1.82) is 0 Å². The van der Waals surface area contributed by atoms with Crippen molar-refractivity contribution >= 4 is 41.0 Å². The summed E-state index contributed by atoms with van der Waals surface area (Å²) in [5.41, 5.74) is 0.761. The second-order valence-electron chi connectivity index (χ2n) is 3.91. The van der Waals surface area contributed by atoms with Gasteiger partial charge in [-0.1, -0.05) is 23.2 Å². The van der Waals surface area contributed by atoms with E-state index < -0.39 is 0 Å². The van der Waals surface area contributed by atoms with E-state index in [9.17, 15) is 4.79 Å². The number of halogens is 2. The van der Waals surface area contributed by atoms with E-state index in [4.69, 9.17) is 27.9 Å². The number of aldehydes is 1. The van der Waals surface area contributed by atoms with Gasteiger partial charge in [0, 0.05) is 5.02 Å². The van der Waals surface area contributed by atoms with Crippen molar-refractivity contribution < 1.29 is 9.53 Å². The molecule has 0 radical (unpaired) electrons. The fourth-order valence-electron chi connectivity index (χ4n) is 1.65. The smallest absolute Gasteiger partial charge is 0.156 e. The fraction of sp³-hybridized carbons (Fsp3) is 0.154. The Morgan fingerprint density at radius 2 is 2.05 bits per heavy atom. The molecule has 0 amide bonds. The first-order valence-corrected chi connectivity index (χ1v) is 6.40. The van der Waals surface area contributed by atoms with E-state index in [1.807, 2.05) is 0 Å². The molecule has 0 bridgehead atoms. The second kappa shape index (κ2) is 6.07. The zero-order chi connectivity index (χ0) is 14.7. The monoisotopic (exact) mass is 311 g/mol. The number of nitrogens with one attached hydrogen (secondary N) is 1. The SMILES string of the molecule is COc1ccc(Cl)cc1Nc1nc(C)nc(Cl)c1C=O. The van der Waals surface area contributed by atoms with Gasteiger partial charge in [0.25, 0.3) is 0 Å². The van der Waals surface area contributed by atoms with Gasteiger partial charge in [0.1, 0.15) is 22.5 Å². The van der Waals surface area contributed by atoms with Crippen LogP contribution in [0.1, 0.15) is 16.2 Å². The van der Waals surface area contributed by atoms with Crippen LogP contribution in [0, 0.1) is 6.92 Å². The summed E-state index contributed by atoms with van der Waals surface area (Å²) in [6.45, 7) is 1.68. The molecule has 1 N–H and O–H groups in total. The Kier molecular flexibility index (Phi) is 4.42. The van der Waals surface area contributed by atoms with Gasteiger partial charge in [-0.25, -0.2) is 9.97 Å². The molecule has 104 valence electrons. The number of methoxy groups -OCH3 is 1. The molecule has 0 saturated heterocycles. The molecular weight excluding hydrogens is 301 g/mol. The molecule has 1 aromatic carbocycles. The first kappa shape index (κ1) is 14.6. The van der Waals surface area contributed by atoms with Gasteiger partial charge in [-0.3, -0.25) is 4.79 Å². The second-order valence-corrected chi connectivity index (χ2v) is 4.71. The average Bonchev–Trinajstić information content (AvgIpc) is 2.38. The molecule has 0 aliphatic heterocycles. The minimum absolute atomic E-state index is 0.0935. The molecule has 0 aliphatic carbocycles. The first-order valence-electron chi connectivity index (χ1n) is 5.65. The highest BCUT2D eigenvalue weighted by atomic mass is 35.5. The van der Waals surface area contributed by atoms with Crippen molar-refractivity contribution in [2.24, 2.45) is 0 Å². The van der Waals surface area contributed by atoms with Gasteiger partial charge in [0.05, 0.1) is 18.4 Å². The van der Waals surface area contributed by atoms with Crippen LogP contribution in [0.4, 0.5) is 11.5 Å². The van der Waals surface area contributed by atoms with Gasteiger partial charge in [0.15, 0.2) is 6.29 Å². The Morgan fingerprint density at radius 3 is 2.70 bits per heavy atom. The van der Waals surface area contributed by atoms with E-state index in [1.165, 1.54) is 7.11 Å². The highest BCUT2D eigenvalue weighted by Gasteiger charge is 2.13. The molecule has 0 atom stereocenters. The van der Waals surface area contributed by atoms with Gasteiger partial charge < -0.3 is 10.1 Å². The first-order chi connectivity index (χ1) is 9.55. The number of nitrogens with zero attached hydrogens (tertiary/aromatic N) is 2. The summed E-state index contributed by atoms with van der Waals surface area (Å²) in [6, 6.07) is 5.08. The summed E-state index contributed by atoms with van der Waals surface area (Å²) in [6.07, 6.45) is 0.598. The molecule has 1 heterocycles. The van der Waals surface area contributed by atoms with Crippen molar-refractivity contribution in [2.45, 2.75) is 6.92 Å². The van der Waals surface area contributed by atoms with E-state index in [-0.39, 0.29) is 10.7 Å². The van der Waals surface area contributed by atoms with Crippen LogP contribution in [0.25, 0.3) is 0 Å². The van der Waals surface area contributed by atoms with Gasteiger partial charge in [-0.05, 0) is 25.1 Å². The molecule has 0 unspecified atom stereocenters. The predicted octanol–water partition coefficient (Wildman–Crippen LogP) is 3.66. The topological polar surface area (TPSA) is 64.1 Å². The Morgan fingerprint density at radius 1 is 1.30 bits per heavy atom. The van der Waals surface area contributed by atoms with Crippen molar-refractivity contribution in [3.63, 3.8) is 0 Å². The lowest BCUT2D eigenvalue weighted by molar-refractivity contribution is 0.112. The van der Waals surface area contributed by atoms with Crippen LogP contribution in [0.15, 0.2) is 18.2 Å². The predicted molar refractivity (Wildman–Crippen MR) is 78.5 cm³/mol. The number of aryl methyl sites for hydroxylation is 1. The van der Waals surface area contributed by atoms with E-state index in [2.05, 4.69) is 15.3 Å². The maximum atomic E-state index is 11.1. The van der Waals surface area contributed by atoms with E-state index in [0.29, 0.717) is 34.4 Å². The highest BCUT2D eigenvalue weighted by molar-refractivity contribution is 6.32. The number of carbonyl (C=O) groups excluding carboxylic acids is 1. The summed E-state index contributed by atoms with van der Waals surface area (Å²) in [5.74, 6) is 1.32. The standard InChI is InChI=1S/C13H11Cl2N3O2/c1-7-16-12(15)9(6-19)13(17-7)18-10-5-8(14)3-4-11(10)20-2/h3-6H,1-2H3,(H,16,17,18). The largest absolute Gasteiger partial charge is 0.495 e. The molecule has 7 heteroatoms. The molecular formula is C13H11Cl2N3O2. The molecule has 0 fully saturated rings. The van der Waals surface area contributed by atoms with E-state index in [0.717, 1.165) is 0 Å². The normalized spacial score (nSPS) is 10.2. The van der Waals surface area contributed by atoms with Gasteiger partial charge in [-0.15, -0.1) is 0 Å². The molecule has 0 aliphatic rings. The summed E-state index contributed by atoms with van der Waals surface area (Å²) in [5, 5.41) is 3.61. The van der Waals surface area contributed by atoms with Crippen LogP contribution >= 0.6 is 23.2 Å². The van der Waals surface area contributed by atoms with Crippen molar-refractivity contribution in [3.8, 4) is 5.75 Å². The lowest BCUT2D eigenvalue weighted by Crippen LogP contribution is -2.04. The van der Waals surface area contributed by atoms with E-state index >= 15 is 0 Å². The molecule has 5 nitrogen and oxygen atoms in total. The number of carbonyl (C=O) groups is 1. The third kappa shape index (κ3) is 3.00. The number of rotatable bonds is 4. The molecule has 0 spiro atoms. The van der Waals surface area contributed by atoms with Crippen LogP contribution in [0.5, 0.6) is 5.75 Å². The minimum Gasteiger partial charge on any atom is -0.495 e. The highest BCUT2D eigenvalue weighted by Crippen LogP contribution is 2.31. The molecule has 20 heavy (non-hydrogen) atoms. The molecule has 2 rings (SSSR count). The Labute approximate surface area is 125 Å². The number of aromatic nitrogens is 2. The van der Waals surface area contributed by atoms with Gasteiger partial charge in [-0.2, -0.15) is 0 Å². The summed E-state index contributed by atoms with van der Waals surface area (Å²) in [4.78, 5) is 19.2. The quantitative estimate of drug-likeness (QED) is 0.689. The van der Waals surface area contributed by atoms with Crippen LogP contribution in [-0.4, -0.2) is 23.4 Å². The molecule has 0 saturated carbocycles. The van der Waals surface area contributed by atoms with Crippen LogP contribution in [0.3, 0.4) is 0 Å². The Bertz CT molecular complexity index is 662. The van der Waals surface area contributed by atoms with Crippen molar-refractivity contribution in [1.82, 2.24) is 9.97 Å². The van der Waals surface area contributed by atoms with Crippen LogP contribution in [0.2, 0.25) is 10.2 Å². The average molecular weight is 312 g/mol. The summed E-state index contributed by atoms with van der Waals surface area (Å²) >= 11 is 11.9. The number of ether oxygens (including phenoxy) is 1. The third-order valence-electron chi connectivity index (χ3n) is 2.54. The number of hydrogen-bond acceptors (Lipinski definition) is 5. The number of benzene rings is 1. The zero-order valence-electron chi connectivity index (χ0n) is 10.8. The zero-order valence-corrected chi connectivity index (χ0v) is 12.3. The Balaban J connectivity index is 2.49. The van der Waals surface area contributed by atoms with Crippen LogP contribution < -0.4 is 10.1 Å². The summed E-state index contributed by atoms with van der Waals surface area (Å²) < 4.78 is 5.22. The lowest BCUT2D eigenvalue weighted by Gasteiger charge is -2.13. The Hall–Kier alpha value is -1.85. The minimum atomic E-state index is 0.0935. The maximum absolute atomic E-state index is 11.1. The fourth-order valence-corrected chi connectivity index (χ4v) is 2.08. The van der Waals surface area contributed by atoms with Crippen molar-refractivity contribution in [3.05, 3.63) is 39.8 Å². The van der Waals surface area contributed by atoms with E-state index in [1.54, 1.807) is 25.1 Å². The number of anilines is 2. The maximum Gasteiger partial charge on any atom is 0.156 e. The summed E-state index contributed by atoms with van der Waals surface area (Å²) in [7, 11) is 1.53. The number of hydrogen-bond donors (Lipinski definition) is 1. The molecule has 1 aromatic heterocycles. The van der Waals surface area contributed by atoms with Crippen molar-refractivity contribution in [2.75, 3.05) is 12.4 Å². The van der Waals surface area contributed by atoms with Gasteiger partial charge >= 0.3 is 0 Å². The third-order valence-corrected chi connectivity index (χ3v) is 3.07. The lowest BCUT2D eigenvalue weighted by atomic mass is 10.2. The van der Waals surface area contributed by atoms with Crippen LogP contribution in [-0.2, 0) is 0 Å². The molecule has 2 aromatic rings.